The fourth-order valence-electron chi connectivity index (χ4n) is 2.70. The first-order valence-corrected chi connectivity index (χ1v) is 7.58. The number of rotatable bonds is 9. The van der Waals surface area contributed by atoms with Crippen molar-refractivity contribution in [2.24, 2.45) is 0 Å². The fraction of sp³-hybridized carbons (Fsp3) is 0.625. The highest BCUT2D eigenvalue weighted by Crippen LogP contribution is 2.28. The second kappa shape index (κ2) is 7.72. The van der Waals surface area contributed by atoms with Gasteiger partial charge < -0.3 is 10.4 Å². The number of aliphatic hydroxyl groups excluding tert-OH is 1. The molecular weight excluding hydrogens is 255 g/mol. The predicted molar refractivity (Wildman–Crippen MR) is 79.1 cm³/mol. The van der Waals surface area contributed by atoms with Crippen LogP contribution in [0.2, 0.25) is 0 Å². The van der Waals surface area contributed by atoms with Gasteiger partial charge in [0.25, 0.3) is 0 Å². The topological polar surface area (TPSA) is 35.5 Å². The number of hydrogen-bond donors (Lipinski definition) is 2. The smallest absolute Gasteiger partial charge is 0.123 e. The zero-order valence-electron chi connectivity index (χ0n) is 12.2. The molecule has 0 amide bonds. The zero-order chi connectivity index (χ0) is 14.4. The van der Waals surface area contributed by atoms with E-state index in [9.17, 15) is 4.39 Å². The molecule has 0 radical (unpaired) electrons. The van der Waals surface area contributed by atoms with Crippen molar-refractivity contribution in [3.05, 3.63) is 35.6 Å². The number of halogens is 1. The molecule has 1 aliphatic carbocycles. The lowest BCUT2D eigenvalue weighted by atomic mass is 10.0. The molecule has 0 heterocycles. The van der Waals surface area contributed by atoms with Crippen LogP contribution >= 0.6 is 0 Å². The predicted octanol–water partition coefficient (Wildman–Crippen LogP) is 2.32. The molecule has 1 fully saturated rings. The number of hydrogen-bond acceptors (Lipinski definition) is 3. The Bertz CT molecular complexity index is 409. The van der Waals surface area contributed by atoms with Gasteiger partial charge in [-0.25, -0.2) is 4.39 Å². The minimum Gasteiger partial charge on any atom is -0.395 e. The van der Waals surface area contributed by atoms with E-state index in [0.29, 0.717) is 6.04 Å². The minimum absolute atomic E-state index is 0.177. The molecule has 1 unspecified atom stereocenters. The van der Waals surface area contributed by atoms with Gasteiger partial charge in [0.05, 0.1) is 6.61 Å². The third kappa shape index (κ3) is 4.54. The largest absolute Gasteiger partial charge is 0.395 e. The van der Waals surface area contributed by atoms with Gasteiger partial charge in [-0.05, 0) is 43.5 Å². The molecule has 1 saturated carbocycles. The standard InChI is InChI=1S/C16H25FN2O/c1-2-18-16(13-4-3-5-14(17)12-13)8-9-19(10-11-20)15-6-7-15/h3-5,12,15-16,18,20H,2,6-11H2,1H3. The summed E-state index contributed by atoms with van der Waals surface area (Å²) in [5, 5.41) is 12.6. The van der Waals surface area contributed by atoms with E-state index in [4.69, 9.17) is 5.11 Å². The molecule has 2 rings (SSSR count). The van der Waals surface area contributed by atoms with Crippen LogP contribution in [0, 0.1) is 5.82 Å². The Morgan fingerprint density at radius 1 is 1.40 bits per heavy atom. The third-order valence-electron chi connectivity index (χ3n) is 3.86. The molecule has 1 aromatic carbocycles. The Labute approximate surface area is 120 Å². The summed E-state index contributed by atoms with van der Waals surface area (Å²) < 4.78 is 13.4. The Kier molecular flexibility index (Phi) is 5.95. The maximum atomic E-state index is 13.4. The molecule has 0 aliphatic heterocycles. The van der Waals surface area contributed by atoms with Gasteiger partial charge in [-0.2, -0.15) is 0 Å². The number of nitrogens with one attached hydrogen (secondary N) is 1. The van der Waals surface area contributed by atoms with Crippen molar-refractivity contribution < 1.29 is 9.50 Å². The second-order valence-corrected chi connectivity index (χ2v) is 5.44. The summed E-state index contributed by atoms with van der Waals surface area (Å²) in [4.78, 5) is 2.35. The van der Waals surface area contributed by atoms with E-state index >= 15 is 0 Å². The van der Waals surface area contributed by atoms with E-state index in [0.717, 1.165) is 31.6 Å². The van der Waals surface area contributed by atoms with Crippen molar-refractivity contribution in [3.8, 4) is 0 Å². The Balaban J connectivity index is 1.94. The molecule has 112 valence electrons. The van der Waals surface area contributed by atoms with Crippen LogP contribution < -0.4 is 5.32 Å². The van der Waals surface area contributed by atoms with Gasteiger partial charge in [0.15, 0.2) is 0 Å². The van der Waals surface area contributed by atoms with Crippen LogP contribution in [0.1, 0.15) is 37.8 Å². The first kappa shape index (κ1) is 15.4. The number of benzene rings is 1. The Morgan fingerprint density at radius 2 is 2.20 bits per heavy atom. The van der Waals surface area contributed by atoms with E-state index in [1.165, 1.54) is 18.9 Å². The Hall–Kier alpha value is -0.970. The van der Waals surface area contributed by atoms with Crippen molar-refractivity contribution >= 4 is 0 Å². The van der Waals surface area contributed by atoms with Crippen LogP contribution in [0.3, 0.4) is 0 Å². The van der Waals surface area contributed by atoms with Crippen LogP contribution in [0.15, 0.2) is 24.3 Å². The SMILES string of the molecule is CCNC(CCN(CCO)C1CC1)c1cccc(F)c1. The molecule has 1 atom stereocenters. The van der Waals surface area contributed by atoms with Gasteiger partial charge in [-0.15, -0.1) is 0 Å². The van der Waals surface area contributed by atoms with Gasteiger partial charge in [0.1, 0.15) is 5.82 Å². The highest BCUT2D eigenvalue weighted by atomic mass is 19.1. The highest BCUT2D eigenvalue weighted by molar-refractivity contribution is 5.20. The van der Waals surface area contributed by atoms with Crippen molar-refractivity contribution in [3.63, 3.8) is 0 Å². The maximum Gasteiger partial charge on any atom is 0.123 e. The lowest BCUT2D eigenvalue weighted by Crippen LogP contribution is -2.33. The summed E-state index contributed by atoms with van der Waals surface area (Å²) in [5.74, 6) is -0.181. The molecular formula is C16H25FN2O. The van der Waals surface area contributed by atoms with Crippen LogP contribution in [-0.2, 0) is 0 Å². The molecule has 2 N–H and O–H groups in total. The minimum atomic E-state index is -0.181. The molecule has 0 saturated heterocycles. The van der Waals surface area contributed by atoms with Crippen molar-refractivity contribution in [2.45, 2.75) is 38.3 Å². The highest BCUT2D eigenvalue weighted by Gasteiger charge is 2.28. The van der Waals surface area contributed by atoms with E-state index < -0.39 is 0 Å². The van der Waals surface area contributed by atoms with Crippen molar-refractivity contribution in [1.82, 2.24) is 10.2 Å². The van der Waals surface area contributed by atoms with Gasteiger partial charge in [-0.1, -0.05) is 19.1 Å². The van der Waals surface area contributed by atoms with E-state index in [2.05, 4.69) is 17.1 Å². The molecule has 0 spiro atoms. The van der Waals surface area contributed by atoms with Crippen LogP contribution in [0.25, 0.3) is 0 Å². The maximum absolute atomic E-state index is 13.4. The Morgan fingerprint density at radius 3 is 2.80 bits per heavy atom. The monoisotopic (exact) mass is 280 g/mol. The first-order valence-electron chi connectivity index (χ1n) is 7.58. The first-order chi connectivity index (χ1) is 9.74. The second-order valence-electron chi connectivity index (χ2n) is 5.44. The average molecular weight is 280 g/mol. The third-order valence-corrected chi connectivity index (χ3v) is 3.86. The van der Waals surface area contributed by atoms with Gasteiger partial charge >= 0.3 is 0 Å². The lowest BCUT2D eigenvalue weighted by Gasteiger charge is -2.25. The van der Waals surface area contributed by atoms with E-state index in [1.54, 1.807) is 12.1 Å². The molecule has 1 aromatic rings. The quantitative estimate of drug-likeness (QED) is 0.729. The van der Waals surface area contributed by atoms with E-state index in [-0.39, 0.29) is 18.5 Å². The number of aliphatic hydroxyl groups is 1. The molecule has 0 aromatic heterocycles. The zero-order valence-corrected chi connectivity index (χ0v) is 12.2. The van der Waals surface area contributed by atoms with Gasteiger partial charge in [0.2, 0.25) is 0 Å². The van der Waals surface area contributed by atoms with Crippen molar-refractivity contribution in [1.29, 1.82) is 0 Å². The lowest BCUT2D eigenvalue weighted by molar-refractivity contribution is 0.182. The molecule has 0 bridgehead atoms. The summed E-state index contributed by atoms with van der Waals surface area (Å²) in [6, 6.07) is 7.66. The van der Waals surface area contributed by atoms with Crippen LogP contribution in [-0.4, -0.2) is 42.3 Å². The summed E-state index contributed by atoms with van der Waals surface area (Å²) in [6.07, 6.45) is 3.42. The van der Waals surface area contributed by atoms with Crippen LogP contribution in [0.4, 0.5) is 4.39 Å². The molecule has 1 aliphatic rings. The molecule has 20 heavy (non-hydrogen) atoms. The summed E-state index contributed by atoms with van der Waals surface area (Å²) >= 11 is 0. The number of nitrogens with zero attached hydrogens (tertiary/aromatic N) is 1. The molecule has 4 heteroatoms. The summed E-state index contributed by atoms with van der Waals surface area (Å²) in [6.45, 7) is 4.83. The van der Waals surface area contributed by atoms with Crippen molar-refractivity contribution in [2.75, 3.05) is 26.2 Å². The van der Waals surface area contributed by atoms with Gasteiger partial charge in [0, 0.05) is 25.2 Å². The normalized spacial score (nSPS) is 16.6. The summed E-state index contributed by atoms with van der Waals surface area (Å²) in [7, 11) is 0. The molecule has 3 nitrogen and oxygen atoms in total. The van der Waals surface area contributed by atoms with Crippen LogP contribution in [0.5, 0.6) is 0 Å². The average Bonchev–Trinajstić information content (AvgIpc) is 3.26. The fourth-order valence-corrected chi connectivity index (χ4v) is 2.70. The summed E-state index contributed by atoms with van der Waals surface area (Å²) in [5.41, 5.74) is 1.01. The van der Waals surface area contributed by atoms with Gasteiger partial charge in [-0.3, -0.25) is 4.90 Å². The van der Waals surface area contributed by atoms with E-state index in [1.807, 2.05) is 6.07 Å².